The van der Waals surface area contributed by atoms with E-state index < -0.39 is 0 Å². The Bertz CT molecular complexity index is 1250. The number of nitriles is 1. The van der Waals surface area contributed by atoms with Crippen molar-refractivity contribution in [3.05, 3.63) is 106 Å². The number of halogens is 1. The zero-order chi connectivity index (χ0) is 18.8. The summed E-state index contributed by atoms with van der Waals surface area (Å²) in [5, 5.41) is 10.7. The summed E-state index contributed by atoms with van der Waals surface area (Å²) in [4.78, 5) is 12.8. The predicted octanol–water partition coefficient (Wildman–Crippen LogP) is 4.73. The number of hydrogen-bond donors (Lipinski definition) is 0. The molecule has 4 rings (SSSR count). The second-order valence-corrected chi connectivity index (χ2v) is 6.30. The number of benzene rings is 3. The molecule has 0 atom stereocenters. The Morgan fingerprint density at radius 2 is 1.74 bits per heavy atom. The molecule has 0 amide bonds. The monoisotopic (exact) mass is 354 g/mol. The van der Waals surface area contributed by atoms with Crippen molar-refractivity contribution in [1.29, 1.82) is 5.26 Å². The smallest absolute Gasteiger partial charge is 0.258 e. The Hall–Kier alpha value is -3.71. The van der Waals surface area contributed by atoms with Gasteiger partial charge in [0.2, 0.25) is 0 Å². The van der Waals surface area contributed by atoms with Gasteiger partial charge in [0.15, 0.2) is 0 Å². The van der Waals surface area contributed by atoms with E-state index in [0.29, 0.717) is 16.5 Å². The third-order valence-electron chi connectivity index (χ3n) is 4.63. The molecular weight excluding hydrogens is 339 g/mol. The number of pyridine rings is 1. The lowest BCUT2D eigenvalue weighted by Crippen LogP contribution is -2.20. The molecule has 3 nitrogen and oxygen atoms in total. The molecule has 0 saturated carbocycles. The molecule has 4 aromatic rings. The first-order chi connectivity index (χ1) is 13.2. The van der Waals surface area contributed by atoms with Crippen LogP contribution in [0.2, 0.25) is 0 Å². The zero-order valence-corrected chi connectivity index (χ0v) is 14.4. The van der Waals surface area contributed by atoms with Gasteiger partial charge >= 0.3 is 0 Å². The van der Waals surface area contributed by atoms with E-state index >= 15 is 0 Å². The van der Waals surface area contributed by atoms with Crippen molar-refractivity contribution >= 4 is 10.8 Å². The summed E-state index contributed by atoms with van der Waals surface area (Å²) in [5.74, 6) is -0.326. The standard InChI is InChI=1S/C23H15FN2O/c24-22-8-4-2-6-19(22)15-26-12-11-17-13-16(9-10-21(17)23(26)27)20-7-3-1-5-18(20)14-25/h1-13H,15H2. The van der Waals surface area contributed by atoms with Crippen LogP contribution in [0.1, 0.15) is 11.1 Å². The minimum absolute atomic E-state index is 0.170. The van der Waals surface area contributed by atoms with Gasteiger partial charge in [0.1, 0.15) is 5.82 Å². The highest BCUT2D eigenvalue weighted by molar-refractivity contribution is 5.87. The summed E-state index contributed by atoms with van der Waals surface area (Å²) < 4.78 is 15.4. The minimum Gasteiger partial charge on any atom is -0.310 e. The van der Waals surface area contributed by atoms with Crippen LogP contribution in [0, 0.1) is 17.1 Å². The van der Waals surface area contributed by atoms with E-state index in [9.17, 15) is 14.4 Å². The zero-order valence-electron chi connectivity index (χ0n) is 14.4. The van der Waals surface area contributed by atoms with Gasteiger partial charge in [0, 0.05) is 17.1 Å². The van der Waals surface area contributed by atoms with Crippen LogP contribution in [0.4, 0.5) is 4.39 Å². The Morgan fingerprint density at radius 1 is 0.963 bits per heavy atom. The van der Waals surface area contributed by atoms with Crippen LogP contribution in [0.25, 0.3) is 21.9 Å². The van der Waals surface area contributed by atoms with Crippen LogP contribution in [0.15, 0.2) is 83.8 Å². The predicted molar refractivity (Wildman–Crippen MR) is 104 cm³/mol. The summed E-state index contributed by atoms with van der Waals surface area (Å²) in [6, 6.07) is 23.4. The maximum atomic E-state index is 13.9. The van der Waals surface area contributed by atoms with Gasteiger partial charge in [0.05, 0.1) is 18.2 Å². The molecule has 0 radical (unpaired) electrons. The van der Waals surface area contributed by atoms with Crippen molar-refractivity contribution < 1.29 is 4.39 Å². The molecule has 0 bridgehead atoms. The van der Waals surface area contributed by atoms with Gasteiger partial charge in [-0.05, 0) is 46.8 Å². The van der Waals surface area contributed by atoms with Crippen LogP contribution in [0.5, 0.6) is 0 Å². The largest absolute Gasteiger partial charge is 0.310 e. The molecule has 0 aliphatic rings. The molecular formula is C23H15FN2O. The molecule has 0 N–H and O–H groups in total. The van der Waals surface area contributed by atoms with Crippen molar-refractivity contribution in [3.63, 3.8) is 0 Å². The lowest BCUT2D eigenvalue weighted by molar-refractivity contribution is 0.597. The Kier molecular flexibility index (Phi) is 4.27. The van der Waals surface area contributed by atoms with Crippen molar-refractivity contribution in [2.75, 3.05) is 0 Å². The third kappa shape index (κ3) is 3.11. The minimum atomic E-state index is -0.326. The average molecular weight is 354 g/mol. The second-order valence-electron chi connectivity index (χ2n) is 6.30. The normalized spacial score (nSPS) is 10.7. The van der Waals surface area contributed by atoms with E-state index in [1.807, 2.05) is 36.4 Å². The Morgan fingerprint density at radius 3 is 2.56 bits per heavy atom. The highest BCUT2D eigenvalue weighted by Gasteiger charge is 2.09. The van der Waals surface area contributed by atoms with E-state index in [1.165, 1.54) is 10.6 Å². The molecule has 0 aliphatic heterocycles. The molecule has 1 heterocycles. The van der Waals surface area contributed by atoms with Gasteiger partial charge < -0.3 is 4.57 Å². The van der Waals surface area contributed by atoms with Crippen LogP contribution in [0.3, 0.4) is 0 Å². The maximum Gasteiger partial charge on any atom is 0.258 e. The SMILES string of the molecule is N#Cc1ccccc1-c1ccc2c(=O)n(Cc3ccccc3F)ccc2c1. The van der Waals surface area contributed by atoms with E-state index in [2.05, 4.69) is 6.07 Å². The van der Waals surface area contributed by atoms with Gasteiger partial charge in [-0.3, -0.25) is 4.79 Å². The summed E-state index contributed by atoms with van der Waals surface area (Å²) in [5.41, 5.74) is 2.60. The molecule has 4 heteroatoms. The summed E-state index contributed by atoms with van der Waals surface area (Å²) in [7, 11) is 0. The van der Waals surface area contributed by atoms with Gasteiger partial charge in [-0.15, -0.1) is 0 Å². The Labute approximate surface area is 155 Å². The molecule has 3 aromatic carbocycles. The van der Waals surface area contributed by atoms with Crippen LogP contribution in [-0.4, -0.2) is 4.57 Å². The van der Waals surface area contributed by atoms with Gasteiger partial charge in [0.25, 0.3) is 5.56 Å². The van der Waals surface area contributed by atoms with E-state index in [-0.39, 0.29) is 17.9 Å². The highest BCUT2D eigenvalue weighted by atomic mass is 19.1. The van der Waals surface area contributed by atoms with Crippen molar-refractivity contribution in [2.24, 2.45) is 0 Å². The summed E-state index contributed by atoms with van der Waals surface area (Å²) in [6.45, 7) is 0.181. The first-order valence-electron chi connectivity index (χ1n) is 8.53. The quantitative estimate of drug-likeness (QED) is 0.534. The molecule has 130 valence electrons. The van der Waals surface area contributed by atoms with Gasteiger partial charge in [-0.2, -0.15) is 5.26 Å². The van der Waals surface area contributed by atoms with Crippen LogP contribution >= 0.6 is 0 Å². The fourth-order valence-electron chi connectivity index (χ4n) is 3.22. The fraction of sp³-hybridized carbons (Fsp3) is 0.0435. The molecule has 27 heavy (non-hydrogen) atoms. The Balaban J connectivity index is 1.78. The van der Waals surface area contributed by atoms with E-state index in [4.69, 9.17) is 0 Å². The topological polar surface area (TPSA) is 45.8 Å². The number of hydrogen-bond acceptors (Lipinski definition) is 2. The molecule has 0 fully saturated rings. The maximum absolute atomic E-state index is 13.9. The van der Waals surface area contributed by atoms with Crippen molar-refractivity contribution in [1.82, 2.24) is 4.57 Å². The van der Waals surface area contributed by atoms with Crippen LogP contribution < -0.4 is 5.56 Å². The first kappa shape index (κ1) is 16.7. The highest BCUT2D eigenvalue weighted by Crippen LogP contribution is 2.26. The molecule has 0 unspecified atom stereocenters. The molecule has 0 saturated heterocycles. The first-order valence-corrected chi connectivity index (χ1v) is 8.53. The molecule has 0 spiro atoms. The number of rotatable bonds is 3. The van der Waals surface area contributed by atoms with Crippen LogP contribution in [-0.2, 0) is 6.54 Å². The average Bonchev–Trinajstić information content (AvgIpc) is 2.71. The van der Waals surface area contributed by atoms with E-state index in [0.717, 1.165) is 16.5 Å². The van der Waals surface area contributed by atoms with E-state index in [1.54, 1.807) is 36.5 Å². The second kappa shape index (κ2) is 6.89. The molecule has 1 aromatic heterocycles. The van der Waals surface area contributed by atoms with Crippen molar-refractivity contribution in [3.8, 4) is 17.2 Å². The van der Waals surface area contributed by atoms with Gasteiger partial charge in [-0.25, -0.2) is 4.39 Å². The lowest BCUT2D eigenvalue weighted by Gasteiger charge is -2.10. The molecule has 0 aliphatic carbocycles. The number of nitrogens with zero attached hydrogens (tertiary/aromatic N) is 2. The number of aromatic nitrogens is 1. The lowest BCUT2D eigenvalue weighted by atomic mass is 9.98. The summed E-state index contributed by atoms with van der Waals surface area (Å²) >= 11 is 0. The summed E-state index contributed by atoms with van der Waals surface area (Å²) in [6.07, 6.45) is 1.68. The van der Waals surface area contributed by atoms with Crippen molar-refractivity contribution in [2.45, 2.75) is 6.54 Å². The third-order valence-corrected chi connectivity index (χ3v) is 4.63. The van der Waals surface area contributed by atoms with Gasteiger partial charge in [-0.1, -0.05) is 42.5 Å². The number of fused-ring (bicyclic) bond motifs is 1. The fourth-order valence-corrected chi connectivity index (χ4v) is 3.22.